The lowest BCUT2D eigenvalue weighted by molar-refractivity contribution is -0.123. The summed E-state index contributed by atoms with van der Waals surface area (Å²) < 4.78 is 0. The Morgan fingerprint density at radius 3 is 2.37 bits per heavy atom. The van der Waals surface area contributed by atoms with Crippen LogP contribution in [-0.4, -0.2) is 29.7 Å². The van der Waals surface area contributed by atoms with Crippen LogP contribution in [0.3, 0.4) is 0 Å². The molecule has 0 saturated carbocycles. The number of imide groups is 1. The van der Waals surface area contributed by atoms with E-state index in [0.29, 0.717) is 11.3 Å². The van der Waals surface area contributed by atoms with Crippen LogP contribution in [0.2, 0.25) is 0 Å². The van der Waals surface area contributed by atoms with E-state index in [4.69, 9.17) is 0 Å². The van der Waals surface area contributed by atoms with Crippen molar-refractivity contribution in [1.82, 2.24) is 4.90 Å². The van der Waals surface area contributed by atoms with Gasteiger partial charge in [0.2, 0.25) is 5.91 Å². The first-order chi connectivity index (χ1) is 8.73. The summed E-state index contributed by atoms with van der Waals surface area (Å²) in [4.78, 5) is 36.9. The minimum atomic E-state index is -0.569. The number of fused-ring (bicyclic) bond motifs is 1. The lowest BCUT2D eigenvalue weighted by Crippen LogP contribution is -2.29. The van der Waals surface area contributed by atoms with Crippen LogP contribution in [0.25, 0.3) is 0 Å². The van der Waals surface area contributed by atoms with Crippen LogP contribution in [0.5, 0.6) is 0 Å². The Labute approximate surface area is 111 Å². The molecular formula is C14H16N2O3. The average molecular weight is 260 g/mol. The summed E-state index contributed by atoms with van der Waals surface area (Å²) in [5, 5.41) is 2.72. The number of nitrogens with zero attached hydrogens (tertiary/aromatic N) is 1. The highest BCUT2D eigenvalue weighted by Gasteiger charge is 2.35. The number of carbonyl (C=O) groups is 3. The van der Waals surface area contributed by atoms with Crippen LogP contribution in [0.15, 0.2) is 18.2 Å². The zero-order valence-corrected chi connectivity index (χ0v) is 11.4. The molecule has 1 aromatic carbocycles. The molecule has 0 aromatic heterocycles. The number of benzene rings is 1. The van der Waals surface area contributed by atoms with Gasteiger partial charge in [-0.2, -0.15) is 0 Å². The van der Waals surface area contributed by atoms with Gasteiger partial charge < -0.3 is 5.32 Å². The molecule has 0 saturated heterocycles. The maximum absolute atomic E-state index is 12.0. The second kappa shape index (κ2) is 4.19. The lowest BCUT2D eigenvalue weighted by atomic mass is 9.95. The van der Waals surface area contributed by atoms with E-state index < -0.39 is 5.41 Å². The molecule has 1 aliphatic rings. The number of anilines is 1. The fourth-order valence-electron chi connectivity index (χ4n) is 1.82. The molecule has 1 aliphatic heterocycles. The Kier molecular flexibility index (Phi) is 2.92. The van der Waals surface area contributed by atoms with Crippen molar-refractivity contribution in [2.24, 2.45) is 5.41 Å². The third-order valence-electron chi connectivity index (χ3n) is 3.05. The first-order valence-corrected chi connectivity index (χ1v) is 6.00. The molecule has 0 spiro atoms. The first-order valence-electron chi connectivity index (χ1n) is 6.00. The van der Waals surface area contributed by atoms with Crippen molar-refractivity contribution in [3.8, 4) is 0 Å². The molecule has 3 amide bonds. The Morgan fingerprint density at radius 1 is 1.16 bits per heavy atom. The number of rotatable bonds is 1. The van der Waals surface area contributed by atoms with Crippen LogP contribution in [-0.2, 0) is 4.79 Å². The van der Waals surface area contributed by atoms with Crippen LogP contribution in [0, 0.1) is 5.41 Å². The molecule has 0 atom stereocenters. The number of amides is 3. The van der Waals surface area contributed by atoms with E-state index in [0.717, 1.165) is 4.90 Å². The van der Waals surface area contributed by atoms with E-state index >= 15 is 0 Å². The SMILES string of the molecule is CN1C(=O)c2cccc(NC(=O)C(C)(C)C)c2C1=O. The molecule has 0 fully saturated rings. The maximum atomic E-state index is 12.0. The van der Waals surface area contributed by atoms with Gasteiger partial charge in [0.05, 0.1) is 16.8 Å². The van der Waals surface area contributed by atoms with Gasteiger partial charge in [0.25, 0.3) is 11.8 Å². The third kappa shape index (κ3) is 2.12. The van der Waals surface area contributed by atoms with Gasteiger partial charge in [-0.15, -0.1) is 0 Å². The number of hydrogen-bond donors (Lipinski definition) is 1. The van der Waals surface area contributed by atoms with Crippen molar-refractivity contribution in [3.05, 3.63) is 29.3 Å². The van der Waals surface area contributed by atoms with Crippen LogP contribution >= 0.6 is 0 Å². The van der Waals surface area contributed by atoms with E-state index in [1.165, 1.54) is 7.05 Å². The Morgan fingerprint density at radius 2 is 1.79 bits per heavy atom. The Bertz CT molecular complexity index is 585. The summed E-state index contributed by atoms with van der Waals surface area (Å²) in [5.41, 5.74) is 0.423. The van der Waals surface area contributed by atoms with Gasteiger partial charge in [-0.25, -0.2) is 0 Å². The average Bonchev–Trinajstić information content (AvgIpc) is 2.54. The summed E-state index contributed by atoms with van der Waals surface area (Å²) in [6, 6.07) is 4.88. The second-order valence-electron chi connectivity index (χ2n) is 5.60. The maximum Gasteiger partial charge on any atom is 0.263 e. The van der Waals surface area contributed by atoms with Crippen molar-refractivity contribution in [3.63, 3.8) is 0 Å². The van der Waals surface area contributed by atoms with E-state index in [-0.39, 0.29) is 23.3 Å². The van der Waals surface area contributed by atoms with Gasteiger partial charge in [0, 0.05) is 12.5 Å². The lowest BCUT2D eigenvalue weighted by Gasteiger charge is -2.18. The van der Waals surface area contributed by atoms with E-state index in [2.05, 4.69) is 5.32 Å². The minimum absolute atomic E-state index is 0.198. The van der Waals surface area contributed by atoms with Crippen molar-refractivity contribution in [1.29, 1.82) is 0 Å². The number of carbonyl (C=O) groups excluding carboxylic acids is 3. The van der Waals surface area contributed by atoms with Gasteiger partial charge in [-0.1, -0.05) is 26.8 Å². The smallest absolute Gasteiger partial charge is 0.263 e. The second-order valence-corrected chi connectivity index (χ2v) is 5.60. The fraction of sp³-hybridized carbons (Fsp3) is 0.357. The third-order valence-corrected chi connectivity index (χ3v) is 3.05. The normalized spacial score (nSPS) is 14.6. The molecule has 0 aliphatic carbocycles. The van der Waals surface area contributed by atoms with Crippen LogP contribution in [0.4, 0.5) is 5.69 Å². The molecule has 1 heterocycles. The molecule has 0 radical (unpaired) electrons. The number of hydrogen-bond acceptors (Lipinski definition) is 3. The summed E-state index contributed by atoms with van der Waals surface area (Å²) >= 11 is 0. The van der Waals surface area contributed by atoms with Crippen LogP contribution < -0.4 is 5.32 Å². The van der Waals surface area contributed by atoms with Gasteiger partial charge in [-0.3, -0.25) is 19.3 Å². The minimum Gasteiger partial charge on any atom is -0.325 e. The largest absolute Gasteiger partial charge is 0.325 e. The monoisotopic (exact) mass is 260 g/mol. The predicted octanol–water partition coefficient (Wildman–Crippen LogP) is 1.90. The molecular weight excluding hydrogens is 244 g/mol. The van der Waals surface area contributed by atoms with Gasteiger partial charge >= 0.3 is 0 Å². The van der Waals surface area contributed by atoms with Crippen molar-refractivity contribution in [2.45, 2.75) is 20.8 Å². The highest BCUT2D eigenvalue weighted by atomic mass is 16.2. The molecule has 1 aromatic rings. The van der Waals surface area contributed by atoms with Crippen LogP contribution in [0.1, 0.15) is 41.5 Å². The standard InChI is InChI=1S/C14H16N2O3/c1-14(2,3)13(19)15-9-7-5-6-8-10(9)12(18)16(4)11(8)17/h5-7H,1-4H3,(H,15,19). The van der Waals surface area contributed by atoms with E-state index in [1.54, 1.807) is 39.0 Å². The summed E-state index contributed by atoms with van der Waals surface area (Å²) in [6.45, 7) is 5.35. The van der Waals surface area contributed by atoms with Gasteiger partial charge in [-0.05, 0) is 12.1 Å². The zero-order chi connectivity index (χ0) is 14.4. The molecule has 100 valence electrons. The molecule has 5 heteroatoms. The topological polar surface area (TPSA) is 66.5 Å². The quantitative estimate of drug-likeness (QED) is 0.784. The summed E-state index contributed by atoms with van der Waals surface area (Å²) in [7, 11) is 1.43. The fourth-order valence-corrected chi connectivity index (χ4v) is 1.82. The molecule has 19 heavy (non-hydrogen) atoms. The summed E-state index contributed by atoms with van der Waals surface area (Å²) in [5.74, 6) is -0.924. The van der Waals surface area contributed by atoms with E-state index in [9.17, 15) is 14.4 Å². The highest BCUT2D eigenvalue weighted by molar-refractivity contribution is 6.24. The van der Waals surface area contributed by atoms with Crippen molar-refractivity contribution >= 4 is 23.4 Å². The number of nitrogens with one attached hydrogen (secondary N) is 1. The predicted molar refractivity (Wildman–Crippen MR) is 71.0 cm³/mol. The van der Waals surface area contributed by atoms with E-state index in [1.807, 2.05) is 0 Å². The Balaban J connectivity index is 2.44. The van der Waals surface area contributed by atoms with Gasteiger partial charge in [0.1, 0.15) is 0 Å². The van der Waals surface area contributed by atoms with Crippen molar-refractivity contribution in [2.75, 3.05) is 12.4 Å². The molecule has 0 bridgehead atoms. The Hall–Kier alpha value is -2.17. The first kappa shape index (κ1) is 13.3. The zero-order valence-electron chi connectivity index (χ0n) is 11.4. The highest BCUT2D eigenvalue weighted by Crippen LogP contribution is 2.29. The molecule has 2 rings (SSSR count). The molecule has 0 unspecified atom stereocenters. The van der Waals surface area contributed by atoms with Crippen molar-refractivity contribution < 1.29 is 14.4 Å². The molecule has 1 N–H and O–H groups in total. The van der Waals surface area contributed by atoms with Gasteiger partial charge in [0.15, 0.2) is 0 Å². The molecule has 5 nitrogen and oxygen atoms in total. The summed E-state index contributed by atoms with van der Waals surface area (Å²) in [6.07, 6.45) is 0.